The molecule has 0 unspecified atom stereocenters. The Kier molecular flexibility index (Phi) is 3.30. The highest BCUT2D eigenvalue weighted by Crippen LogP contribution is 2.20. The SMILES string of the molecule is CC(C(=O)NC1(C)CCOCC1)=C1CNC1. The van der Waals surface area contributed by atoms with E-state index in [2.05, 4.69) is 17.6 Å². The number of hydrogen-bond acceptors (Lipinski definition) is 3. The van der Waals surface area contributed by atoms with Gasteiger partial charge >= 0.3 is 0 Å². The Morgan fingerprint density at radius 2 is 2.00 bits per heavy atom. The lowest BCUT2D eigenvalue weighted by atomic mass is 9.91. The topological polar surface area (TPSA) is 50.4 Å². The molecule has 2 rings (SSSR count). The quantitative estimate of drug-likeness (QED) is 0.675. The lowest BCUT2D eigenvalue weighted by molar-refractivity contribution is -0.120. The molecule has 2 saturated heterocycles. The van der Waals surface area contributed by atoms with E-state index >= 15 is 0 Å². The molecule has 2 heterocycles. The molecule has 0 saturated carbocycles. The zero-order valence-corrected chi connectivity index (χ0v) is 10.1. The van der Waals surface area contributed by atoms with E-state index in [0.29, 0.717) is 0 Å². The van der Waals surface area contributed by atoms with Crippen molar-refractivity contribution in [3.8, 4) is 0 Å². The van der Waals surface area contributed by atoms with E-state index in [9.17, 15) is 4.79 Å². The van der Waals surface area contributed by atoms with Crippen LogP contribution in [0.25, 0.3) is 0 Å². The van der Waals surface area contributed by atoms with E-state index in [1.807, 2.05) is 6.92 Å². The van der Waals surface area contributed by atoms with E-state index in [0.717, 1.165) is 44.7 Å². The second-order valence-corrected chi connectivity index (χ2v) is 4.96. The molecule has 0 aliphatic carbocycles. The highest BCUT2D eigenvalue weighted by atomic mass is 16.5. The number of carbonyl (C=O) groups excluding carboxylic acids is 1. The summed E-state index contributed by atoms with van der Waals surface area (Å²) in [5, 5.41) is 6.29. The molecule has 90 valence electrons. The minimum atomic E-state index is -0.0890. The Labute approximate surface area is 96.4 Å². The predicted octanol–water partition coefficient (Wildman–Crippen LogP) is 0.591. The van der Waals surface area contributed by atoms with Crippen molar-refractivity contribution in [1.29, 1.82) is 0 Å². The van der Waals surface area contributed by atoms with Crippen LogP contribution in [0, 0.1) is 0 Å². The number of hydrogen-bond donors (Lipinski definition) is 2. The predicted molar refractivity (Wildman–Crippen MR) is 62.2 cm³/mol. The molecule has 2 fully saturated rings. The first-order valence-corrected chi connectivity index (χ1v) is 5.90. The highest BCUT2D eigenvalue weighted by molar-refractivity contribution is 5.94. The van der Waals surface area contributed by atoms with Crippen molar-refractivity contribution in [2.75, 3.05) is 26.3 Å². The molecule has 4 nitrogen and oxygen atoms in total. The third-order valence-electron chi connectivity index (χ3n) is 3.56. The van der Waals surface area contributed by atoms with Gasteiger partial charge in [0.25, 0.3) is 0 Å². The zero-order valence-electron chi connectivity index (χ0n) is 10.1. The maximum atomic E-state index is 12.0. The van der Waals surface area contributed by atoms with E-state index in [1.54, 1.807) is 0 Å². The summed E-state index contributed by atoms with van der Waals surface area (Å²) in [6, 6.07) is 0. The molecule has 0 atom stereocenters. The van der Waals surface area contributed by atoms with Gasteiger partial charge in [-0.3, -0.25) is 4.79 Å². The van der Waals surface area contributed by atoms with Crippen LogP contribution in [0.4, 0.5) is 0 Å². The Bertz CT molecular complexity index is 311. The molecule has 16 heavy (non-hydrogen) atoms. The number of rotatable bonds is 2. The van der Waals surface area contributed by atoms with Crippen LogP contribution in [0.2, 0.25) is 0 Å². The molecule has 1 amide bonds. The van der Waals surface area contributed by atoms with Crippen molar-refractivity contribution in [1.82, 2.24) is 10.6 Å². The Morgan fingerprint density at radius 3 is 2.50 bits per heavy atom. The third-order valence-corrected chi connectivity index (χ3v) is 3.56. The molecule has 0 bridgehead atoms. The molecule has 0 aromatic carbocycles. The number of amides is 1. The number of nitrogens with one attached hydrogen (secondary N) is 2. The Morgan fingerprint density at radius 1 is 1.38 bits per heavy atom. The highest BCUT2D eigenvalue weighted by Gasteiger charge is 2.30. The van der Waals surface area contributed by atoms with Crippen LogP contribution in [0.15, 0.2) is 11.1 Å². The van der Waals surface area contributed by atoms with E-state index in [-0.39, 0.29) is 11.4 Å². The minimum absolute atomic E-state index is 0.0842. The van der Waals surface area contributed by atoms with E-state index < -0.39 is 0 Å². The molecule has 2 aliphatic heterocycles. The maximum absolute atomic E-state index is 12.0. The summed E-state index contributed by atoms with van der Waals surface area (Å²) in [6.45, 7) is 7.22. The smallest absolute Gasteiger partial charge is 0.247 e. The van der Waals surface area contributed by atoms with Crippen molar-refractivity contribution in [3.05, 3.63) is 11.1 Å². The van der Waals surface area contributed by atoms with Gasteiger partial charge < -0.3 is 15.4 Å². The van der Waals surface area contributed by atoms with Crippen molar-refractivity contribution >= 4 is 5.91 Å². The lowest BCUT2D eigenvalue weighted by Crippen LogP contribution is -2.50. The Hall–Kier alpha value is -0.870. The monoisotopic (exact) mass is 224 g/mol. The van der Waals surface area contributed by atoms with Crippen molar-refractivity contribution in [2.45, 2.75) is 32.2 Å². The van der Waals surface area contributed by atoms with Gasteiger partial charge in [0, 0.05) is 37.4 Å². The van der Waals surface area contributed by atoms with Gasteiger partial charge in [-0.15, -0.1) is 0 Å². The summed E-state index contributed by atoms with van der Waals surface area (Å²) in [5.41, 5.74) is 2.02. The summed E-state index contributed by atoms with van der Waals surface area (Å²) in [7, 11) is 0. The zero-order chi connectivity index (χ0) is 11.6. The standard InChI is InChI=1S/C12H20N2O2/c1-9(10-7-13-8-10)11(15)14-12(2)3-5-16-6-4-12/h13H,3-8H2,1-2H3,(H,14,15). The normalized spacial score (nSPS) is 23.5. The van der Waals surface area contributed by atoms with Gasteiger partial charge in [0.2, 0.25) is 5.91 Å². The van der Waals surface area contributed by atoms with Gasteiger partial charge in [-0.05, 0) is 32.3 Å². The first kappa shape index (κ1) is 11.6. The van der Waals surface area contributed by atoms with Crippen molar-refractivity contribution in [2.24, 2.45) is 0 Å². The number of ether oxygens (including phenoxy) is 1. The van der Waals surface area contributed by atoms with Gasteiger partial charge in [-0.2, -0.15) is 0 Å². The molecular formula is C12H20N2O2. The van der Waals surface area contributed by atoms with Crippen LogP contribution in [0.3, 0.4) is 0 Å². The van der Waals surface area contributed by atoms with Crippen molar-refractivity contribution in [3.63, 3.8) is 0 Å². The molecule has 2 N–H and O–H groups in total. The largest absolute Gasteiger partial charge is 0.381 e. The first-order valence-electron chi connectivity index (χ1n) is 5.90. The van der Waals surface area contributed by atoms with Crippen LogP contribution >= 0.6 is 0 Å². The molecule has 0 radical (unpaired) electrons. The summed E-state index contributed by atoms with van der Waals surface area (Å²) in [6.07, 6.45) is 1.80. The average molecular weight is 224 g/mol. The van der Waals surface area contributed by atoms with Crippen LogP contribution in [-0.4, -0.2) is 37.7 Å². The van der Waals surface area contributed by atoms with E-state index in [1.165, 1.54) is 5.57 Å². The van der Waals surface area contributed by atoms with E-state index in [4.69, 9.17) is 4.74 Å². The summed E-state index contributed by atoms with van der Waals surface area (Å²) in [5.74, 6) is 0.0842. The van der Waals surface area contributed by atoms with Gasteiger partial charge in [0.05, 0.1) is 0 Å². The maximum Gasteiger partial charge on any atom is 0.247 e. The molecule has 0 aromatic heterocycles. The van der Waals surface area contributed by atoms with Gasteiger partial charge in [-0.1, -0.05) is 0 Å². The Balaban J connectivity index is 1.95. The fourth-order valence-corrected chi connectivity index (χ4v) is 1.99. The molecule has 0 aromatic rings. The lowest BCUT2D eigenvalue weighted by Gasteiger charge is -2.35. The second kappa shape index (κ2) is 4.55. The minimum Gasteiger partial charge on any atom is -0.381 e. The summed E-state index contributed by atoms with van der Waals surface area (Å²) < 4.78 is 5.31. The fourth-order valence-electron chi connectivity index (χ4n) is 1.99. The summed E-state index contributed by atoms with van der Waals surface area (Å²) in [4.78, 5) is 12.0. The van der Waals surface area contributed by atoms with Crippen LogP contribution in [0.5, 0.6) is 0 Å². The van der Waals surface area contributed by atoms with Crippen LogP contribution in [-0.2, 0) is 9.53 Å². The fraction of sp³-hybridized carbons (Fsp3) is 0.750. The molecule has 4 heteroatoms. The third kappa shape index (κ3) is 2.44. The van der Waals surface area contributed by atoms with Gasteiger partial charge in [-0.25, -0.2) is 0 Å². The molecule has 0 spiro atoms. The van der Waals surface area contributed by atoms with Crippen molar-refractivity contribution < 1.29 is 9.53 Å². The average Bonchev–Trinajstić information content (AvgIpc) is 2.15. The van der Waals surface area contributed by atoms with Gasteiger partial charge in [0.15, 0.2) is 0 Å². The first-order chi connectivity index (χ1) is 7.61. The van der Waals surface area contributed by atoms with Gasteiger partial charge in [0.1, 0.15) is 0 Å². The van der Waals surface area contributed by atoms with Crippen LogP contribution < -0.4 is 10.6 Å². The summed E-state index contributed by atoms with van der Waals surface area (Å²) >= 11 is 0. The number of carbonyl (C=O) groups is 1. The second-order valence-electron chi connectivity index (χ2n) is 4.96. The molecular weight excluding hydrogens is 204 g/mol. The van der Waals surface area contributed by atoms with Crippen LogP contribution in [0.1, 0.15) is 26.7 Å². The molecule has 2 aliphatic rings.